The summed E-state index contributed by atoms with van der Waals surface area (Å²) in [7, 11) is 1.55. The van der Waals surface area contributed by atoms with Crippen molar-refractivity contribution in [2.45, 2.75) is 0 Å². The zero-order valence-electron chi connectivity index (χ0n) is 7.32. The maximum atomic E-state index is 10.7. The van der Waals surface area contributed by atoms with Crippen molar-refractivity contribution in [1.82, 2.24) is 24.8 Å². The van der Waals surface area contributed by atoms with Crippen LogP contribution in [0.5, 0.6) is 0 Å². The molecule has 1 N–H and O–H groups in total. The van der Waals surface area contributed by atoms with Gasteiger partial charge in [0, 0.05) is 13.1 Å². The highest BCUT2D eigenvalue weighted by molar-refractivity contribution is 5.86. The molecule has 0 spiro atoms. The molecule has 2 aromatic heterocycles. The fraction of sp³-hybridized carbons (Fsp3) is 0.143. The number of nitrogens with zero attached hydrogens (tertiary/aromatic N) is 5. The van der Waals surface area contributed by atoms with Gasteiger partial charge in [-0.1, -0.05) is 0 Å². The highest BCUT2D eigenvalue weighted by atomic mass is 16.4. The number of hydrogen-bond donors (Lipinski definition) is 1. The Kier molecular flexibility index (Phi) is 1.77. The highest BCUT2D eigenvalue weighted by Crippen LogP contribution is 2.05. The summed E-state index contributed by atoms with van der Waals surface area (Å²) in [6.07, 6.45) is 2.99. The van der Waals surface area contributed by atoms with Gasteiger partial charge in [-0.3, -0.25) is 4.68 Å². The summed E-state index contributed by atoms with van der Waals surface area (Å²) in [6.45, 7) is 0. The molecule has 14 heavy (non-hydrogen) atoms. The lowest BCUT2D eigenvalue weighted by molar-refractivity contribution is 0.0685. The minimum Gasteiger partial charge on any atom is -0.477 e. The summed E-state index contributed by atoms with van der Waals surface area (Å²) in [5.74, 6) is -0.645. The third-order valence-electron chi connectivity index (χ3n) is 1.71. The molecule has 72 valence electrons. The summed E-state index contributed by atoms with van der Waals surface area (Å²) in [6, 6.07) is 1.41. The molecule has 0 unspecified atom stereocenters. The smallest absolute Gasteiger partial charge is 0.354 e. The second-order valence-corrected chi connectivity index (χ2v) is 2.64. The molecular weight excluding hydrogens is 186 g/mol. The van der Waals surface area contributed by atoms with Crippen LogP contribution in [0, 0.1) is 0 Å². The largest absolute Gasteiger partial charge is 0.477 e. The van der Waals surface area contributed by atoms with Crippen molar-refractivity contribution in [3.05, 3.63) is 24.2 Å². The number of aromatic carboxylic acids is 1. The number of hydrogen-bond acceptors (Lipinski definition) is 4. The molecule has 0 amide bonds. The van der Waals surface area contributed by atoms with Gasteiger partial charge in [-0.25, -0.2) is 4.79 Å². The Morgan fingerprint density at radius 3 is 2.57 bits per heavy atom. The Labute approximate surface area is 78.6 Å². The van der Waals surface area contributed by atoms with E-state index in [1.54, 1.807) is 7.05 Å². The predicted octanol–water partition coefficient (Wildman–Crippen LogP) is -0.301. The Morgan fingerprint density at radius 1 is 1.43 bits per heavy atom. The lowest BCUT2D eigenvalue weighted by Crippen LogP contribution is -2.05. The van der Waals surface area contributed by atoms with Crippen molar-refractivity contribution >= 4 is 5.97 Å². The molecule has 0 aliphatic heterocycles. The van der Waals surface area contributed by atoms with Crippen LogP contribution >= 0.6 is 0 Å². The Hall–Kier alpha value is -2.18. The van der Waals surface area contributed by atoms with Gasteiger partial charge in [0.2, 0.25) is 0 Å². The highest BCUT2D eigenvalue weighted by Gasteiger charge is 2.12. The molecule has 0 atom stereocenters. The first kappa shape index (κ1) is 8.42. The van der Waals surface area contributed by atoms with Gasteiger partial charge in [-0.15, -0.1) is 4.80 Å². The van der Waals surface area contributed by atoms with Gasteiger partial charge in [0.05, 0.1) is 12.4 Å². The van der Waals surface area contributed by atoms with Crippen molar-refractivity contribution in [2.24, 2.45) is 7.05 Å². The van der Waals surface area contributed by atoms with E-state index < -0.39 is 5.97 Å². The van der Waals surface area contributed by atoms with E-state index in [1.807, 2.05) is 0 Å². The molecular formula is C7H7N5O2. The van der Waals surface area contributed by atoms with Crippen LogP contribution in [0.25, 0.3) is 5.82 Å². The summed E-state index contributed by atoms with van der Waals surface area (Å²) in [5, 5.41) is 20.4. The SMILES string of the molecule is Cn1nc(-n2nccn2)cc1C(=O)O. The Morgan fingerprint density at radius 2 is 2.07 bits per heavy atom. The molecule has 0 radical (unpaired) electrons. The average Bonchev–Trinajstić information content (AvgIpc) is 2.70. The number of carboxylic acid groups (broad SMARTS) is 1. The van der Waals surface area contributed by atoms with E-state index in [-0.39, 0.29) is 5.69 Å². The summed E-state index contributed by atoms with van der Waals surface area (Å²) in [5.41, 5.74) is 0.0947. The van der Waals surface area contributed by atoms with E-state index in [1.165, 1.54) is 27.9 Å². The third-order valence-corrected chi connectivity index (χ3v) is 1.71. The molecule has 0 fully saturated rings. The summed E-state index contributed by atoms with van der Waals surface area (Å²) >= 11 is 0. The van der Waals surface area contributed by atoms with Crippen LogP contribution in [0.1, 0.15) is 10.5 Å². The van der Waals surface area contributed by atoms with E-state index in [9.17, 15) is 4.79 Å². The fourth-order valence-electron chi connectivity index (χ4n) is 1.08. The van der Waals surface area contributed by atoms with Crippen LogP contribution in [0.4, 0.5) is 0 Å². The first-order chi connectivity index (χ1) is 6.68. The third kappa shape index (κ3) is 1.24. The van der Waals surface area contributed by atoms with Crippen molar-refractivity contribution in [1.29, 1.82) is 0 Å². The molecule has 2 heterocycles. The van der Waals surface area contributed by atoms with Crippen molar-refractivity contribution in [2.75, 3.05) is 0 Å². The van der Waals surface area contributed by atoms with Crippen molar-refractivity contribution in [3.63, 3.8) is 0 Å². The molecule has 2 rings (SSSR count). The van der Waals surface area contributed by atoms with Crippen LogP contribution in [0.15, 0.2) is 18.5 Å². The van der Waals surface area contributed by atoms with Crippen LogP contribution in [-0.2, 0) is 7.05 Å². The topological polar surface area (TPSA) is 85.8 Å². The normalized spacial score (nSPS) is 10.4. The summed E-state index contributed by atoms with van der Waals surface area (Å²) < 4.78 is 1.26. The first-order valence-electron chi connectivity index (χ1n) is 3.82. The van der Waals surface area contributed by atoms with Gasteiger partial charge < -0.3 is 5.11 Å². The summed E-state index contributed by atoms with van der Waals surface area (Å²) in [4.78, 5) is 12.0. The van der Waals surface area contributed by atoms with Crippen molar-refractivity contribution in [3.8, 4) is 5.82 Å². The molecule has 0 aliphatic rings. The minimum atomic E-state index is -1.03. The number of carboxylic acids is 1. The van der Waals surface area contributed by atoms with Gasteiger partial charge in [0.1, 0.15) is 5.69 Å². The van der Waals surface area contributed by atoms with Gasteiger partial charge in [-0.2, -0.15) is 15.3 Å². The van der Waals surface area contributed by atoms with E-state index in [0.717, 1.165) is 0 Å². The number of aromatic nitrogens is 5. The van der Waals surface area contributed by atoms with Crippen LogP contribution in [0.3, 0.4) is 0 Å². The lowest BCUT2D eigenvalue weighted by Gasteiger charge is -1.91. The predicted molar refractivity (Wildman–Crippen MR) is 45.1 cm³/mol. The van der Waals surface area contributed by atoms with Gasteiger partial charge in [0.15, 0.2) is 5.82 Å². The fourth-order valence-corrected chi connectivity index (χ4v) is 1.08. The average molecular weight is 193 g/mol. The molecule has 0 aromatic carbocycles. The standard InChI is InChI=1S/C7H7N5O2/c1-11-5(7(13)14)4-6(10-11)12-8-2-3-9-12/h2-4H,1H3,(H,13,14). The number of carbonyl (C=O) groups is 1. The van der Waals surface area contributed by atoms with Crippen LogP contribution in [-0.4, -0.2) is 35.9 Å². The number of rotatable bonds is 2. The minimum absolute atomic E-state index is 0.0947. The second kappa shape index (κ2) is 2.95. The lowest BCUT2D eigenvalue weighted by atomic mass is 10.4. The molecule has 2 aromatic rings. The van der Waals surface area contributed by atoms with Crippen molar-refractivity contribution < 1.29 is 9.90 Å². The van der Waals surface area contributed by atoms with E-state index in [2.05, 4.69) is 15.3 Å². The van der Waals surface area contributed by atoms with Gasteiger partial charge in [-0.05, 0) is 0 Å². The number of aryl methyl sites for hydroxylation is 1. The van der Waals surface area contributed by atoms with Crippen LogP contribution in [0.2, 0.25) is 0 Å². The molecule has 0 saturated heterocycles. The molecule has 0 aliphatic carbocycles. The molecule has 7 heteroatoms. The monoisotopic (exact) mass is 193 g/mol. The quantitative estimate of drug-likeness (QED) is 0.707. The maximum Gasteiger partial charge on any atom is 0.354 e. The van der Waals surface area contributed by atoms with E-state index in [4.69, 9.17) is 5.11 Å². The second-order valence-electron chi connectivity index (χ2n) is 2.64. The van der Waals surface area contributed by atoms with E-state index in [0.29, 0.717) is 5.82 Å². The van der Waals surface area contributed by atoms with Crippen LogP contribution < -0.4 is 0 Å². The Bertz CT molecular complexity index is 458. The molecule has 7 nitrogen and oxygen atoms in total. The maximum absolute atomic E-state index is 10.7. The van der Waals surface area contributed by atoms with E-state index >= 15 is 0 Å². The van der Waals surface area contributed by atoms with Gasteiger partial charge in [0.25, 0.3) is 0 Å². The van der Waals surface area contributed by atoms with Gasteiger partial charge >= 0.3 is 5.97 Å². The zero-order chi connectivity index (χ0) is 10.1. The molecule has 0 bridgehead atoms. The first-order valence-corrected chi connectivity index (χ1v) is 3.82. The Balaban J connectivity index is 2.48. The zero-order valence-corrected chi connectivity index (χ0v) is 7.32. The molecule has 0 saturated carbocycles.